The average molecular weight is 332 g/mol. The summed E-state index contributed by atoms with van der Waals surface area (Å²) in [4.78, 5) is 23.2. The number of Topliss-reactive ketones (excluding diaryl/α,β-unsaturated/α-hetero) is 1. The molecule has 1 aromatic rings. The lowest BCUT2D eigenvalue weighted by atomic mass is 10.1. The molecule has 0 aliphatic rings. The van der Waals surface area contributed by atoms with Gasteiger partial charge >= 0.3 is 5.97 Å². The number of esters is 1. The summed E-state index contributed by atoms with van der Waals surface area (Å²) < 4.78 is 5.59. The lowest BCUT2D eigenvalue weighted by molar-refractivity contribution is 0.0525. The van der Waals surface area contributed by atoms with Crippen molar-refractivity contribution < 1.29 is 14.3 Å². The quantitative estimate of drug-likeness (QED) is 0.484. The molecule has 0 atom stereocenters. The standard InChI is InChI=1S/C12H13IO3/c1-3-10(14)8-6-5-7-9(11(8)13)12(15)16-4-2/h5-7H,3-4H2,1-2H3. The van der Waals surface area contributed by atoms with Crippen LogP contribution in [0.3, 0.4) is 0 Å². The number of rotatable bonds is 4. The Bertz CT molecular complexity index is 413. The Morgan fingerprint density at radius 1 is 1.25 bits per heavy atom. The Morgan fingerprint density at radius 2 is 1.88 bits per heavy atom. The van der Waals surface area contributed by atoms with Gasteiger partial charge in [0.05, 0.1) is 12.2 Å². The van der Waals surface area contributed by atoms with Crippen molar-refractivity contribution in [2.45, 2.75) is 20.3 Å². The molecule has 0 fully saturated rings. The zero-order chi connectivity index (χ0) is 12.1. The molecule has 86 valence electrons. The van der Waals surface area contributed by atoms with E-state index < -0.39 is 0 Å². The second-order valence-corrected chi connectivity index (χ2v) is 4.24. The predicted molar refractivity (Wildman–Crippen MR) is 69.7 cm³/mol. The van der Waals surface area contributed by atoms with E-state index in [9.17, 15) is 9.59 Å². The number of ether oxygens (including phenoxy) is 1. The molecule has 0 aliphatic heterocycles. The Morgan fingerprint density at radius 3 is 2.44 bits per heavy atom. The fraction of sp³-hybridized carbons (Fsp3) is 0.333. The maximum absolute atomic E-state index is 11.6. The molecule has 0 heterocycles. The van der Waals surface area contributed by atoms with Crippen molar-refractivity contribution in [1.29, 1.82) is 0 Å². The van der Waals surface area contributed by atoms with E-state index >= 15 is 0 Å². The number of ketones is 1. The number of carbonyl (C=O) groups is 2. The van der Waals surface area contributed by atoms with Crippen molar-refractivity contribution in [1.82, 2.24) is 0 Å². The SMILES string of the molecule is CCOC(=O)c1cccc(C(=O)CC)c1I. The highest BCUT2D eigenvalue weighted by Crippen LogP contribution is 2.19. The van der Waals surface area contributed by atoms with Crippen LogP contribution in [-0.4, -0.2) is 18.4 Å². The minimum absolute atomic E-state index is 0.0375. The molecule has 3 nitrogen and oxygen atoms in total. The average Bonchev–Trinajstić information content (AvgIpc) is 2.28. The highest BCUT2D eigenvalue weighted by Gasteiger charge is 2.16. The molecule has 0 aromatic heterocycles. The van der Waals surface area contributed by atoms with E-state index in [0.717, 1.165) is 0 Å². The summed E-state index contributed by atoms with van der Waals surface area (Å²) in [6, 6.07) is 5.11. The molecule has 0 bridgehead atoms. The summed E-state index contributed by atoms with van der Waals surface area (Å²) in [6.45, 7) is 3.89. The van der Waals surface area contributed by atoms with Crippen LogP contribution in [0.4, 0.5) is 0 Å². The maximum Gasteiger partial charge on any atom is 0.339 e. The van der Waals surface area contributed by atoms with Crippen LogP contribution >= 0.6 is 22.6 Å². The third-order valence-corrected chi connectivity index (χ3v) is 3.28. The summed E-state index contributed by atoms with van der Waals surface area (Å²) >= 11 is 2.01. The third-order valence-electron chi connectivity index (χ3n) is 2.12. The van der Waals surface area contributed by atoms with Crippen molar-refractivity contribution in [3.8, 4) is 0 Å². The lowest BCUT2D eigenvalue weighted by Crippen LogP contribution is -2.10. The van der Waals surface area contributed by atoms with Crippen LogP contribution in [0.15, 0.2) is 18.2 Å². The van der Waals surface area contributed by atoms with Gasteiger partial charge in [-0.1, -0.05) is 19.1 Å². The van der Waals surface area contributed by atoms with Gasteiger partial charge in [-0.2, -0.15) is 0 Å². The van der Waals surface area contributed by atoms with Crippen LogP contribution < -0.4 is 0 Å². The summed E-state index contributed by atoms with van der Waals surface area (Å²) in [5.41, 5.74) is 1.05. The fourth-order valence-electron chi connectivity index (χ4n) is 1.30. The molecule has 0 aliphatic carbocycles. The monoisotopic (exact) mass is 332 g/mol. The zero-order valence-electron chi connectivity index (χ0n) is 9.25. The molecule has 4 heteroatoms. The molecule has 0 saturated heterocycles. The first-order valence-corrected chi connectivity index (χ1v) is 6.18. The summed E-state index contributed by atoms with van der Waals surface area (Å²) in [5, 5.41) is 0. The van der Waals surface area contributed by atoms with Crippen molar-refractivity contribution >= 4 is 34.3 Å². The minimum Gasteiger partial charge on any atom is -0.462 e. The van der Waals surface area contributed by atoms with Crippen molar-refractivity contribution in [2.24, 2.45) is 0 Å². The van der Waals surface area contributed by atoms with Gasteiger partial charge in [-0.25, -0.2) is 4.79 Å². The van der Waals surface area contributed by atoms with Crippen LogP contribution in [0.25, 0.3) is 0 Å². The topological polar surface area (TPSA) is 43.4 Å². The van der Waals surface area contributed by atoms with Crippen LogP contribution in [0.2, 0.25) is 0 Å². The Balaban J connectivity index is 3.13. The number of hydrogen-bond donors (Lipinski definition) is 0. The summed E-state index contributed by atoms with van der Waals surface area (Å²) in [5.74, 6) is -0.340. The Kier molecular flexibility index (Phi) is 4.92. The highest BCUT2D eigenvalue weighted by atomic mass is 127. The number of hydrogen-bond acceptors (Lipinski definition) is 3. The third kappa shape index (κ3) is 2.81. The number of benzene rings is 1. The second-order valence-electron chi connectivity index (χ2n) is 3.16. The molecular weight excluding hydrogens is 319 g/mol. The smallest absolute Gasteiger partial charge is 0.339 e. The van der Waals surface area contributed by atoms with Gasteiger partial charge < -0.3 is 4.74 Å². The molecule has 0 spiro atoms. The van der Waals surface area contributed by atoms with Gasteiger partial charge in [0.1, 0.15) is 0 Å². The van der Waals surface area contributed by atoms with E-state index in [1.807, 2.05) is 22.6 Å². The normalized spacial score (nSPS) is 9.94. The Hall–Kier alpha value is -0.910. The first kappa shape index (κ1) is 13.2. The second kappa shape index (κ2) is 5.98. The molecule has 0 saturated carbocycles. The molecule has 0 N–H and O–H groups in total. The van der Waals surface area contributed by atoms with E-state index in [2.05, 4.69) is 0 Å². The summed E-state index contributed by atoms with van der Waals surface area (Å²) in [7, 11) is 0. The van der Waals surface area contributed by atoms with E-state index in [1.54, 1.807) is 32.0 Å². The predicted octanol–water partition coefficient (Wildman–Crippen LogP) is 3.06. The lowest BCUT2D eigenvalue weighted by Gasteiger charge is -2.07. The van der Waals surface area contributed by atoms with Crippen molar-refractivity contribution in [2.75, 3.05) is 6.61 Å². The molecule has 0 unspecified atom stereocenters. The van der Waals surface area contributed by atoms with Gasteiger partial charge in [-0.05, 0) is 35.6 Å². The molecule has 1 rings (SSSR count). The van der Waals surface area contributed by atoms with E-state index in [4.69, 9.17) is 4.74 Å². The van der Waals surface area contributed by atoms with Gasteiger partial charge in [-0.15, -0.1) is 0 Å². The van der Waals surface area contributed by atoms with Gasteiger partial charge in [0.15, 0.2) is 5.78 Å². The Labute approximate surface area is 108 Å². The highest BCUT2D eigenvalue weighted by molar-refractivity contribution is 14.1. The van der Waals surface area contributed by atoms with E-state index in [0.29, 0.717) is 27.7 Å². The van der Waals surface area contributed by atoms with Gasteiger partial charge in [0.2, 0.25) is 0 Å². The number of halogens is 1. The minimum atomic E-state index is -0.377. The molecule has 16 heavy (non-hydrogen) atoms. The fourth-order valence-corrected chi connectivity index (χ4v) is 2.18. The van der Waals surface area contributed by atoms with Crippen LogP contribution in [0, 0.1) is 3.57 Å². The molecule has 0 amide bonds. The summed E-state index contributed by atoms with van der Waals surface area (Å²) in [6.07, 6.45) is 0.433. The van der Waals surface area contributed by atoms with E-state index in [1.165, 1.54) is 0 Å². The maximum atomic E-state index is 11.6. The van der Waals surface area contributed by atoms with Crippen molar-refractivity contribution in [3.63, 3.8) is 0 Å². The molecule has 0 radical (unpaired) electrons. The zero-order valence-corrected chi connectivity index (χ0v) is 11.4. The van der Waals surface area contributed by atoms with Crippen molar-refractivity contribution in [3.05, 3.63) is 32.9 Å². The molecular formula is C12H13IO3. The van der Waals surface area contributed by atoms with Crippen LogP contribution in [0.5, 0.6) is 0 Å². The number of carbonyl (C=O) groups excluding carboxylic acids is 2. The first-order valence-electron chi connectivity index (χ1n) is 5.10. The van der Waals surface area contributed by atoms with Gasteiger partial charge in [-0.3, -0.25) is 4.79 Å². The first-order chi connectivity index (χ1) is 7.61. The van der Waals surface area contributed by atoms with Gasteiger partial charge in [0.25, 0.3) is 0 Å². The van der Waals surface area contributed by atoms with Gasteiger partial charge in [0, 0.05) is 15.6 Å². The molecule has 1 aromatic carbocycles. The van der Waals surface area contributed by atoms with Crippen LogP contribution in [0.1, 0.15) is 41.0 Å². The largest absolute Gasteiger partial charge is 0.462 e. The van der Waals surface area contributed by atoms with Crippen LogP contribution in [-0.2, 0) is 4.74 Å². The van der Waals surface area contributed by atoms with E-state index in [-0.39, 0.29) is 11.8 Å².